The van der Waals surface area contributed by atoms with Crippen LogP contribution in [-0.4, -0.2) is 12.6 Å². The van der Waals surface area contributed by atoms with Crippen LogP contribution in [0.25, 0.3) is 10.1 Å². The second-order valence-corrected chi connectivity index (χ2v) is 7.46. The molecule has 1 heterocycles. The Bertz CT molecular complexity index is 832. The van der Waals surface area contributed by atoms with Gasteiger partial charge in [-0.1, -0.05) is 42.5 Å². The van der Waals surface area contributed by atoms with Crippen LogP contribution in [-0.2, 0) is 21.4 Å². The lowest BCUT2D eigenvalue weighted by Gasteiger charge is -2.29. The summed E-state index contributed by atoms with van der Waals surface area (Å²) in [5.74, 6) is -0.156. The fourth-order valence-corrected chi connectivity index (χ4v) is 4.45. The number of esters is 1. The molecule has 1 atom stereocenters. The Labute approximate surface area is 147 Å². The highest BCUT2D eigenvalue weighted by Gasteiger charge is 2.38. The van der Waals surface area contributed by atoms with Gasteiger partial charge in [0.15, 0.2) is 0 Å². The fraction of sp³-hybridized carbons (Fsp3) is 0.286. The van der Waals surface area contributed by atoms with Crippen LogP contribution in [0.1, 0.15) is 29.9 Å². The van der Waals surface area contributed by atoms with Crippen molar-refractivity contribution in [2.24, 2.45) is 0 Å². The lowest BCUT2D eigenvalue weighted by molar-refractivity contribution is -0.149. The maximum absolute atomic E-state index is 12.8. The minimum Gasteiger partial charge on any atom is -0.465 e. The van der Waals surface area contributed by atoms with Crippen molar-refractivity contribution in [2.75, 3.05) is 6.61 Å². The van der Waals surface area contributed by atoms with Crippen LogP contribution in [0.3, 0.4) is 0 Å². The standard InChI is InChI=1S/C21H22O2S/c1-4-23-20(22)21(3,18-11-7-5-9-15(18)2)14-17-13-16-10-6-8-12-19(16)24-17/h5-13H,4,14H2,1-3H3. The largest absolute Gasteiger partial charge is 0.465 e. The van der Waals surface area contributed by atoms with Crippen molar-refractivity contribution in [3.8, 4) is 0 Å². The maximum atomic E-state index is 12.8. The zero-order chi connectivity index (χ0) is 17.2. The molecule has 0 amide bonds. The molecule has 0 aliphatic heterocycles. The Morgan fingerprint density at radius 1 is 1.12 bits per heavy atom. The van der Waals surface area contributed by atoms with Crippen molar-refractivity contribution in [1.82, 2.24) is 0 Å². The van der Waals surface area contributed by atoms with E-state index in [4.69, 9.17) is 4.74 Å². The summed E-state index contributed by atoms with van der Waals surface area (Å²) in [4.78, 5) is 14.0. The highest BCUT2D eigenvalue weighted by atomic mass is 32.1. The minimum absolute atomic E-state index is 0.156. The smallest absolute Gasteiger partial charge is 0.316 e. The first-order valence-corrected chi connectivity index (χ1v) is 9.07. The van der Waals surface area contributed by atoms with Gasteiger partial charge in [-0.05, 0) is 49.4 Å². The molecule has 0 N–H and O–H groups in total. The first-order chi connectivity index (χ1) is 11.5. The zero-order valence-electron chi connectivity index (χ0n) is 14.3. The molecule has 1 unspecified atom stereocenters. The van der Waals surface area contributed by atoms with Gasteiger partial charge in [-0.15, -0.1) is 11.3 Å². The predicted molar refractivity (Wildman–Crippen MR) is 101 cm³/mol. The van der Waals surface area contributed by atoms with E-state index < -0.39 is 5.41 Å². The number of hydrogen-bond donors (Lipinski definition) is 0. The van der Waals surface area contributed by atoms with Gasteiger partial charge in [-0.3, -0.25) is 4.79 Å². The van der Waals surface area contributed by atoms with E-state index in [9.17, 15) is 4.79 Å². The Morgan fingerprint density at radius 3 is 2.54 bits per heavy atom. The van der Waals surface area contributed by atoms with Crippen molar-refractivity contribution in [2.45, 2.75) is 32.6 Å². The third-order valence-electron chi connectivity index (χ3n) is 4.47. The molecule has 3 aromatic rings. The van der Waals surface area contributed by atoms with E-state index in [-0.39, 0.29) is 5.97 Å². The molecule has 124 valence electrons. The molecule has 24 heavy (non-hydrogen) atoms. The van der Waals surface area contributed by atoms with Gasteiger partial charge in [-0.25, -0.2) is 0 Å². The topological polar surface area (TPSA) is 26.3 Å². The van der Waals surface area contributed by atoms with Gasteiger partial charge in [0.05, 0.1) is 12.0 Å². The van der Waals surface area contributed by atoms with Gasteiger partial charge in [0.2, 0.25) is 0 Å². The van der Waals surface area contributed by atoms with Crippen LogP contribution >= 0.6 is 11.3 Å². The molecule has 1 aromatic heterocycles. The first-order valence-electron chi connectivity index (χ1n) is 8.25. The first kappa shape index (κ1) is 16.7. The molecule has 0 spiro atoms. The van der Waals surface area contributed by atoms with Crippen LogP contribution < -0.4 is 0 Å². The number of carbonyl (C=O) groups excluding carboxylic acids is 1. The van der Waals surface area contributed by atoms with Crippen LogP contribution in [0.4, 0.5) is 0 Å². The molecule has 0 bridgehead atoms. The number of aryl methyl sites for hydroxylation is 1. The summed E-state index contributed by atoms with van der Waals surface area (Å²) < 4.78 is 6.68. The molecular formula is C21H22O2S. The van der Waals surface area contributed by atoms with Crippen LogP contribution in [0.5, 0.6) is 0 Å². The van der Waals surface area contributed by atoms with Crippen molar-refractivity contribution < 1.29 is 9.53 Å². The molecule has 0 saturated carbocycles. The summed E-state index contributed by atoms with van der Waals surface area (Å²) >= 11 is 1.75. The number of rotatable bonds is 5. The van der Waals surface area contributed by atoms with Crippen molar-refractivity contribution >= 4 is 27.4 Å². The lowest BCUT2D eigenvalue weighted by Crippen LogP contribution is -2.37. The van der Waals surface area contributed by atoms with E-state index in [1.165, 1.54) is 15.0 Å². The predicted octanol–water partition coefficient (Wildman–Crippen LogP) is 5.27. The summed E-state index contributed by atoms with van der Waals surface area (Å²) in [7, 11) is 0. The van der Waals surface area contributed by atoms with E-state index in [1.807, 2.05) is 38.1 Å². The van der Waals surface area contributed by atoms with Gasteiger partial charge in [0.1, 0.15) is 0 Å². The fourth-order valence-electron chi connectivity index (χ4n) is 3.23. The molecule has 2 aromatic carbocycles. The second kappa shape index (κ2) is 6.78. The molecule has 0 aliphatic carbocycles. The Balaban J connectivity index is 2.04. The summed E-state index contributed by atoms with van der Waals surface area (Å²) in [5, 5.41) is 1.23. The average molecular weight is 338 g/mol. The van der Waals surface area contributed by atoms with Gasteiger partial charge >= 0.3 is 5.97 Å². The molecule has 0 radical (unpaired) electrons. The highest BCUT2D eigenvalue weighted by molar-refractivity contribution is 7.19. The molecule has 0 aliphatic rings. The van der Waals surface area contributed by atoms with Gasteiger partial charge in [0, 0.05) is 16.0 Å². The van der Waals surface area contributed by atoms with Gasteiger partial charge in [-0.2, -0.15) is 0 Å². The Hall–Kier alpha value is -2.13. The Kier molecular flexibility index (Phi) is 4.72. The molecular weight excluding hydrogens is 316 g/mol. The molecule has 0 saturated heterocycles. The van der Waals surface area contributed by atoms with Crippen LogP contribution in [0, 0.1) is 6.92 Å². The van der Waals surface area contributed by atoms with Crippen molar-refractivity contribution in [3.05, 3.63) is 70.6 Å². The SMILES string of the molecule is CCOC(=O)C(C)(Cc1cc2ccccc2s1)c1ccccc1C. The number of benzene rings is 2. The third-order valence-corrected chi connectivity index (χ3v) is 5.59. The summed E-state index contributed by atoms with van der Waals surface area (Å²) in [6.45, 7) is 6.30. The second-order valence-electron chi connectivity index (χ2n) is 6.29. The van der Waals surface area contributed by atoms with Crippen LogP contribution in [0.2, 0.25) is 0 Å². The normalized spacial score (nSPS) is 13.6. The highest BCUT2D eigenvalue weighted by Crippen LogP contribution is 2.36. The molecule has 3 rings (SSSR count). The van der Waals surface area contributed by atoms with E-state index in [2.05, 4.69) is 37.3 Å². The van der Waals surface area contributed by atoms with Gasteiger partial charge < -0.3 is 4.74 Å². The van der Waals surface area contributed by atoms with E-state index in [0.29, 0.717) is 13.0 Å². The molecule has 0 fully saturated rings. The third kappa shape index (κ3) is 3.09. The number of thiophene rings is 1. The number of carbonyl (C=O) groups is 1. The Morgan fingerprint density at radius 2 is 1.83 bits per heavy atom. The number of fused-ring (bicyclic) bond motifs is 1. The van der Waals surface area contributed by atoms with Crippen LogP contribution in [0.15, 0.2) is 54.6 Å². The zero-order valence-corrected chi connectivity index (χ0v) is 15.2. The molecule has 2 nitrogen and oxygen atoms in total. The quantitative estimate of drug-likeness (QED) is 0.592. The maximum Gasteiger partial charge on any atom is 0.316 e. The van der Waals surface area contributed by atoms with E-state index in [1.54, 1.807) is 11.3 Å². The lowest BCUT2D eigenvalue weighted by atomic mass is 9.77. The summed E-state index contributed by atoms with van der Waals surface area (Å²) in [5.41, 5.74) is 1.48. The van der Waals surface area contributed by atoms with Crippen molar-refractivity contribution in [3.63, 3.8) is 0 Å². The number of ether oxygens (including phenoxy) is 1. The van der Waals surface area contributed by atoms with E-state index in [0.717, 1.165) is 11.1 Å². The summed E-state index contributed by atoms with van der Waals surface area (Å²) in [6.07, 6.45) is 0.649. The van der Waals surface area contributed by atoms with Crippen molar-refractivity contribution in [1.29, 1.82) is 0 Å². The summed E-state index contributed by atoms with van der Waals surface area (Å²) in [6, 6.07) is 18.6. The average Bonchev–Trinajstić information content (AvgIpc) is 2.97. The monoisotopic (exact) mass is 338 g/mol. The molecule has 3 heteroatoms. The van der Waals surface area contributed by atoms with Gasteiger partial charge in [0.25, 0.3) is 0 Å². The van der Waals surface area contributed by atoms with E-state index >= 15 is 0 Å². The minimum atomic E-state index is -0.678. The number of hydrogen-bond acceptors (Lipinski definition) is 3.